The van der Waals surface area contributed by atoms with E-state index in [2.05, 4.69) is 47.9 Å². The first kappa shape index (κ1) is 19.8. The summed E-state index contributed by atoms with van der Waals surface area (Å²) in [5, 5.41) is 6.65. The van der Waals surface area contributed by atoms with E-state index in [-0.39, 0.29) is 6.09 Å². The predicted octanol–water partition coefficient (Wildman–Crippen LogP) is 4.46. The van der Waals surface area contributed by atoms with Crippen LogP contribution in [0.5, 0.6) is 0 Å². The summed E-state index contributed by atoms with van der Waals surface area (Å²) < 4.78 is 5.39. The first-order chi connectivity index (χ1) is 11.8. The smallest absolute Gasteiger partial charge is 0.407 e. The molecule has 1 aliphatic rings. The van der Waals surface area contributed by atoms with Gasteiger partial charge >= 0.3 is 6.09 Å². The molecule has 0 saturated carbocycles. The van der Waals surface area contributed by atoms with Crippen LogP contribution in [0.3, 0.4) is 0 Å². The SMILES string of the molecule is C[C@H](C[C@H](CNC(=O)OC(C)(C)C)[C@H]1CCCCN1)c1ccccc1. The van der Waals surface area contributed by atoms with Gasteiger partial charge < -0.3 is 15.4 Å². The van der Waals surface area contributed by atoms with Crippen LogP contribution in [0, 0.1) is 5.92 Å². The molecule has 1 saturated heterocycles. The number of ether oxygens (including phenoxy) is 1. The largest absolute Gasteiger partial charge is 0.444 e. The van der Waals surface area contributed by atoms with Gasteiger partial charge in [0.2, 0.25) is 0 Å². The van der Waals surface area contributed by atoms with Crippen molar-refractivity contribution in [2.45, 2.75) is 70.9 Å². The van der Waals surface area contributed by atoms with Gasteiger partial charge in [0.05, 0.1) is 0 Å². The third-order valence-corrected chi connectivity index (χ3v) is 4.85. The van der Waals surface area contributed by atoms with Crippen LogP contribution in [0.1, 0.15) is 64.9 Å². The van der Waals surface area contributed by atoms with Crippen LogP contribution >= 0.6 is 0 Å². The number of hydrogen-bond donors (Lipinski definition) is 2. The summed E-state index contributed by atoms with van der Waals surface area (Å²) >= 11 is 0. The minimum Gasteiger partial charge on any atom is -0.444 e. The molecule has 0 radical (unpaired) electrons. The molecule has 140 valence electrons. The van der Waals surface area contributed by atoms with Crippen LogP contribution in [0.25, 0.3) is 0 Å². The van der Waals surface area contributed by atoms with Crippen molar-refractivity contribution in [2.24, 2.45) is 5.92 Å². The highest BCUT2D eigenvalue weighted by Crippen LogP contribution is 2.27. The molecule has 0 aliphatic carbocycles. The lowest BCUT2D eigenvalue weighted by Gasteiger charge is -2.33. The predicted molar refractivity (Wildman–Crippen MR) is 103 cm³/mol. The molecule has 25 heavy (non-hydrogen) atoms. The first-order valence-corrected chi connectivity index (χ1v) is 9.60. The van der Waals surface area contributed by atoms with Crippen molar-refractivity contribution in [2.75, 3.05) is 13.1 Å². The number of hydrogen-bond acceptors (Lipinski definition) is 3. The fourth-order valence-corrected chi connectivity index (χ4v) is 3.57. The first-order valence-electron chi connectivity index (χ1n) is 9.60. The van der Waals surface area contributed by atoms with Crippen LogP contribution in [0.15, 0.2) is 30.3 Å². The number of piperidine rings is 1. The Kier molecular flexibility index (Phi) is 7.30. The second-order valence-corrected chi connectivity index (χ2v) is 8.25. The van der Waals surface area contributed by atoms with Gasteiger partial charge in [-0.3, -0.25) is 0 Å². The van der Waals surface area contributed by atoms with Gasteiger partial charge in [0, 0.05) is 12.6 Å². The number of alkyl carbamates (subject to hydrolysis) is 1. The summed E-state index contributed by atoms with van der Waals surface area (Å²) in [5.41, 5.74) is 0.903. The van der Waals surface area contributed by atoms with Gasteiger partial charge in [-0.2, -0.15) is 0 Å². The van der Waals surface area contributed by atoms with Crippen molar-refractivity contribution >= 4 is 6.09 Å². The molecule has 0 spiro atoms. The molecule has 1 fully saturated rings. The standard InChI is InChI=1S/C21H34N2O2/c1-16(17-10-6-5-7-11-17)14-18(19-12-8-9-13-22-19)15-23-20(24)25-21(2,3)4/h5-7,10-11,16,18-19,22H,8-9,12-15H2,1-4H3,(H,23,24)/t16-,18-,19-/m1/s1. The lowest BCUT2D eigenvalue weighted by Crippen LogP contribution is -2.46. The minimum absolute atomic E-state index is 0.319. The quantitative estimate of drug-likeness (QED) is 0.799. The monoisotopic (exact) mass is 346 g/mol. The minimum atomic E-state index is -0.458. The Morgan fingerprint density at radius 1 is 1.28 bits per heavy atom. The lowest BCUT2D eigenvalue weighted by molar-refractivity contribution is 0.0512. The van der Waals surface area contributed by atoms with E-state index in [0.29, 0.717) is 24.4 Å². The second kappa shape index (κ2) is 9.23. The maximum Gasteiger partial charge on any atom is 0.407 e. The maximum absolute atomic E-state index is 12.0. The van der Waals surface area contributed by atoms with Crippen molar-refractivity contribution in [1.82, 2.24) is 10.6 Å². The van der Waals surface area contributed by atoms with Crippen molar-refractivity contribution in [3.05, 3.63) is 35.9 Å². The maximum atomic E-state index is 12.0. The zero-order valence-corrected chi connectivity index (χ0v) is 16.2. The van der Waals surface area contributed by atoms with Crippen LogP contribution in [0.2, 0.25) is 0 Å². The summed E-state index contributed by atoms with van der Waals surface area (Å²) in [5.74, 6) is 0.874. The molecular formula is C21H34N2O2. The number of amides is 1. The van der Waals surface area contributed by atoms with E-state index >= 15 is 0 Å². The molecule has 1 aliphatic heterocycles. The Labute approximate surface area is 152 Å². The summed E-state index contributed by atoms with van der Waals surface area (Å²) in [6.07, 6.45) is 4.43. The topological polar surface area (TPSA) is 50.4 Å². The highest BCUT2D eigenvalue weighted by Gasteiger charge is 2.26. The van der Waals surface area contributed by atoms with Gasteiger partial charge in [0.1, 0.15) is 5.60 Å². The molecule has 2 N–H and O–H groups in total. The van der Waals surface area contributed by atoms with E-state index in [1.54, 1.807) is 0 Å². The molecule has 1 amide bonds. The molecule has 0 bridgehead atoms. The van der Waals surface area contributed by atoms with Gasteiger partial charge in [0.25, 0.3) is 0 Å². The molecule has 4 nitrogen and oxygen atoms in total. The molecule has 0 aromatic heterocycles. The van der Waals surface area contributed by atoms with E-state index in [9.17, 15) is 4.79 Å². The zero-order chi connectivity index (χ0) is 18.3. The summed E-state index contributed by atoms with van der Waals surface area (Å²) in [6.45, 7) is 9.69. The van der Waals surface area contributed by atoms with E-state index in [0.717, 1.165) is 13.0 Å². The molecule has 2 rings (SSSR count). The Morgan fingerprint density at radius 2 is 2.00 bits per heavy atom. The molecule has 1 aromatic rings. The average molecular weight is 347 g/mol. The van der Waals surface area contributed by atoms with E-state index in [1.165, 1.54) is 24.8 Å². The number of nitrogens with one attached hydrogen (secondary N) is 2. The van der Waals surface area contributed by atoms with Gasteiger partial charge in [-0.25, -0.2) is 4.79 Å². The zero-order valence-electron chi connectivity index (χ0n) is 16.2. The van der Waals surface area contributed by atoms with E-state index in [1.807, 2.05) is 20.8 Å². The van der Waals surface area contributed by atoms with Crippen LogP contribution < -0.4 is 10.6 Å². The average Bonchev–Trinajstić information content (AvgIpc) is 2.58. The Balaban J connectivity index is 1.96. The summed E-state index contributed by atoms with van der Waals surface area (Å²) in [6, 6.07) is 11.1. The number of carbonyl (C=O) groups excluding carboxylic acids is 1. The number of benzene rings is 1. The number of carbonyl (C=O) groups is 1. The van der Waals surface area contributed by atoms with Crippen molar-refractivity contribution in [1.29, 1.82) is 0 Å². The van der Waals surface area contributed by atoms with Gasteiger partial charge in [-0.1, -0.05) is 43.7 Å². The second-order valence-electron chi connectivity index (χ2n) is 8.25. The fourth-order valence-electron chi connectivity index (χ4n) is 3.57. The van der Waals surface area contributed by atoms with E-state index in [4.69, 9.17) is 4.74 Å². The Bertz CT molecular complexity index is 518. The van der Waals surface area contributed by atoms with Crippen molar-refractivity contribution in [3.63, 3.8) is 0 Å². The summed E-state index contributed by atoms with van der Waals surface area (Å²) in [7, 11) is 0. The molecule has 1 aromatic carbocycles. The van der Waals surface area contributed by atoms with Crippen molar-refractivity contribution in [3.8, 4) is 0 Å². The molecule has 4 heteroatoms. The third kappa shape index (κ3) is 7.07. The fraction of sp³-hybridized carbons (Fsp3) is 0.667. The van der Waals surface area contributed by atoms with E-state index < -0.39 is 5.60 Å². The Morgan fingerprint density at radius 3 is 2.60 bits per heavy atom. The number of rotatable bonds is 6. The van der Waals surface area contributed by atoms with Gasteiger partial charge in [0.15, 0.2) is 0 Å². The van der Waals surface area contributed by atoms with Crippen LogP contribution in [-0.2, 0) is 4.74 Å². The van der Waals surface area contributed by atoms with Crippen molar-refractivity contribution < 1.29 is 9.53 Å². The molecule has 3 atom stereocenters. The normalized spacial score (nSPS) is 20.6. The van der Waals surface area contributed by atoms with Gasteiger partial charge in [-0.15, -0.1) is 0 Å². The van der Waals surface area contributed by atoms with Gasteiger partial charge in [-0.05, 0) is 64.0 Å². The van der Waals surface area contributed by atoms with Crippen LogP contribution in [0.4, 0.5) is 4.79 Å². The van der Waals surface area contributed by atoms with Crippen LogP contribution in [-0.4, -0.2) is 30.8 Å². The molecule has 0 unspecified atom stereocenters. The lowest BCUT2D eigenvalue weighted by atomic mass is 9.83. The highest BCUT2D eigenvalue weighted by molar-refractivity contribution is 5.67. The highest BCUT2D eigenvalue weighted by atomic mass is 16.6. The third-order valence-electron chi connectivity index (χ3n) is 4.85. The molecule has 1 heterocycles. The summed E-state index contributed by atoms with van der Waals surface area (Å²) in [4.78, 5) is 12.0. The Hall–Kier alpha value is -1.55. The molecular weight excluding hydrogens is 312 g/mol.